The van der Waals surface area contributed by atoms with E-state index in [1.165, 1.54) is 0 Å². The molecule has 0 amide bonds. The predicted octanol–water partition coefficient (Wildman–Crippen LogP) is 11.3. The number of hydrogen-bond acceptors (Lipinski definition) is 4. The number of H-pyrrole nitrogens is 2. The third kappa shape index (κ3) is 7.50. The highest BCUT2D eigenvalue weighted by Crippen LogP contribution is 2.36. The third-order valence-electron chi connectivity index (χ3n) is 10.2. The zero-order valence-corrected chi connectivity index (χ0v) is 31.9. The number of aromatic amines is 2. The molecule has 9 rings (SSSR count). The maximum Gasteiger partial charge on any atom is 0.343 e. The molecule has 0 saturated carbocycles. The minimum atomic E-state index is -1.50. The minimum Gasteiger partial charge on any atom is -0.477 e. The number of fused-ring (bicyclic) bond motifs is 8. The lowest BCUT2D eigenvalue weighted by Crippen LogP contribution is -2.10. The van der Waals surface area contributed by atoms with Gasteiger partial charge in [-0.1, -0.05) is 127 Å². The number of aliphatic carboxylic acids is 2. The second-order valence-corrected chi connectivity index (χ2v) is 14.0. The van der Waals surface area contributed by atoms with Gasteiger partial charge in [0.2, 0.25) is 0 Å². The molecular formula is C52H34N4O4. The summed E-state index contributed by atoms with van der Waals surface area (Å²) in [4.78, 5) is 40.7. The van der Waals surface area contributed by atoms with E-state index in [4.69, 9.17) is 9.97 Å². The van der Waals surface area contributed by atoms with Crippen LogP contribution in [-0.4, -0.2) is 42.1 Å². The molecule has 0 atom stereocenters. The molecule has 7 aromatic rings. The highest BCUT2D eigenvalue weighted by atomic mass is 16.4. The number of hydrogen-bond donors (Lipinski definition) is 4. The van der Waals surface area contributed by atoms with Gasteiger partial charge >= 0.3 is 11.9 Å². The van der Waals surface area contributed by atoms with Gasteiger partial charge in [-0.15, -0.1) is 0 Å². The molecule has 4 N–H and O–H groups in total. The topological polar surface area (TPSA) is 132 Å². The van der Waals surface area contributed by atoms with Crippen molar-refractivity contribution in [3.05, 3.63) is 191 Å². The van der Waals surface area contributed by atoms with Gasteiger partial charge in [-0.2, -0.15) is 0 Å². The summed E-state index contributed by atoms with van der Waals surface area (Å²) < 4.78 is 0. The molecule has 8 bridgehead atoms. The van der Waals surface area contributed by atoms with Crippen molar-refractivity contribution >= 4 is 70.5 Å². The largest absolute Gasteiger partial charge is 0.477 e. The molecule has 0 unspecified atom stereocenters. The molecule has 0 fully saturated rings. The molecule has 4 aromatic carbocycles. The van der Waals surface area contributed by atoms with E-state index in [0.717, 1.165) is 84.2 Å². The summed E-state index contributed by atoms with van der Waals surface area (Å²) in [6.07, 6.45) is 12.9. The zero-order valence-electron chi connectivity index (χ0n) is 31.9. The molecule has 0 spiro atoms. The fourth-order valence-electron chi connectivity index (χ4n) is 7.40. The number of carboxylic acid groups (broad SMARTS) is 2. The molecule has 8 nitrogen and oxygen atoms in total. The van der Waals surface area contributed by atoms with Gasteiger partial charge in [0.15, 0.2) is 0 Å². The number of carboxylic acids is 2. The van der Waals surface area contributed by atoms with Crippen LogP contribution < -0.4 is 0 Å². The maximum absolute atomic E-state index is 11.3. The van der Waals surface area contributed by atoms with Crippen LogP contribution in [0.5, 0.6) is 0 Å². The first-order chi connectivity index (χ1) is 29.4. The van der Waals surface area contributed by atoms with Crippen molar-refractivity contribution in [2.24, 2.45) is 0 Å². The van der Waals surface area contributed by atoms with Gasteiger partial charge in [0.25, 0.3) is 0 Å². The van der Waals surface area contributed by atoms with E-state index in [-0.39, 0.29) is 0 Å². The van der Waals surface area contributed by atoms with Crippen molar-refractivity contribution in [3.63, 3.8) is 0 Å². The molecule has 8 heteroatoms. The molecule has 0 aliphatic carbocycles. The van der Waals surface area contributed by atoms with E-state index in [1.54, 1.807) is 30.3 Å². The Morgan fingerprint density at radius 2 is 0.883 bits per heavy atom. The van der Waals surface area contributed by atoms with E-state index < -0.39 is 17.5 Å². The Morgan fingerprint density at radius 1 is 0.483 bits per heavy atom. The Hall–Kier alpha value is -8.54. The Morgan fingerprint density at radius 3 is 1.35 bits per heavy atom. The number of nitrogens with zero attached hydrogens (tertiary/aromatic N) is 2. The van der Waals surface area contributed by atoms with Crippen molar-refractivity contribution in [1.82, 2.24) is 19.9 Å². The first-order valence-electron chi connectivity index (χ1n) is 19.2. The summed E-state index contributed by atoms with van der Waals surface area (Å²) in [7, 11) is 0. The van der Waals surface area contributed by atoms with Crippen LogP contribution in [0.15, 0.2) is 151 Å². The molecule has 5 heterocycles. The van der Waals surface area contributed by atoms with Crippen LogP contribution in [0.3, 0.4) is 0 Å². The van der Waals surface area contributed by atoms with Gasteiger partial charge < -0.3 is 20.2 Å². The van der Waals surface area contributed by atoms with E-state index in [1.807, 2.05) is 78.9 Å². The molecule has 3 aromatic heterocycles. The van der Waals surface area contributed by atoms with Crippen LogP contribution in [0.1, 0.15) is 39.5 Å². The third-order valence-corrected chi connectivity index (χ3v) is 10.2. The lowest BCUT2D eigenvalue weighted by molar-refractivity contribution is -0.140. The van der Waals surface area contributed by atoms with Gasteiger partial charge in [0.05, 0.1) is 33.9 Å². The van der Waals surface area contributed by atoms with E-state index >= 15 is 0 Å². The first-order valence-corrected chi connectivity index (χ1v) is 19.2. The highest BCUT2D eigenvalue weighted by Gasteiger charge is 2.18. The van der Waals surface area contributed by atoms with Crippen LogP contribution in [0.25, 0.3) is 91.9 Å². The fourth-order valence-corrected chi connectivity index (χ4v) is 7.40. The molecular weight excluding hydrogens is 745 g/mol. The van der Waals surface area contributed by atoms with Gasteiger partial charge in [-0.05, 0) is 94.6 Å². The summed E-state index contributed by atoms with van der Waals surface area (Å²) >= 11 is 0. The normalized spacial score (nSPS) is 11.6. The fraction of sp³-hybridized carbons (Fsp3) is 0. The van der Waals surface area contributed by atoms with Gasteiger partial charge in [0, 0.05) is 33.2 Å². The van der Waals surface area contributed by atoms with Gasteiger partial charge in [-0.25, -0.2) is 19.6 Å². The Balaban J connectivity index is 1.27. The van der Waals surface area contributed by atoms with Gasteiger partial charge in [0.1, 0.15) is 5.57 Å². The Bertz CT molecular complexity index is 3130. The first kappa shape index (κ1) is 37.1. The van der Waals surface area contributed by atoms with Crippen LogP contribution in [0, 0.1) is 11.8 Å². The van der Waals surface area contributed by atoms with Crippen LogP contribution in [0.4, 0.5) is 0 Å². The van der Waals surface area contributed by atoms with Crippen molar-refractivity contribution in [2.45, 2.75) is 0 Å². The van der Waals surface area contributed by atoms with Crippen LogP contribution in [0.2, 0.25) is 0 Å². The number of aromatic nitrogens is 4. The molecule has 0 saturated heterocycles. The number of carbonyl (C=O) groups is 2. The van der Waals surface area contributed by atoms with E-state index in [2.05, 4.69) is 88.6 Å². The Kier molecular flexibility index (Phi) is 9.97. The summed E-state index contributed by atoms with van der Waals surface area (Å²) in [5.74, 6) is 3.59. The molecule has 2 aliphatic heterocycles. The number of allylic oxidation sites excluding steroid dienone is 1. The van der Waals surface area contributed by atoms with Crippen molar-refractivity contribution < 1.29 is 19.8 Å². The second-order valence-electron chi connectivity index (χ2n) is 14.0. The number of nitrogens with one attached hydrogen (secondary N) is 2. The van der Waals surface area contributed by atoms with Gasteiger partial charge in [-0.3, -0.25) is 0 Å². The quantitative estimate of drug-likeness (QED) is 0.0551. The van der Waals surface area contributed by atoms with Crippen molar-refractivity contribution in [2.75, 3.05) is 0 Å². The second kappa shape index (κ2) is 16.1. The average molecular weight is 779 g/mol. The SMILES string of the molecule is O=C(O)C(=Cc1ccc(/C=C/C#Cc2c3nc(c(-c4ccccc4)c4ccc([nH]4)c(-c4ccccc4)c4nc(c(-c5ccccc5)c5ccc2[nH]5)C=C4)C=C3)cc1)C(=O)O. The Labute approximate surface area is 344 Å². The monoisotopic (exact) mass is 778 g/mol. The number of rotatable bonds is 7. The predicted molar refractivity (Wildman–Crippen MR) is 241 cm³/mol. The van der Waals surface area contributed by atoms with E-state index in [9.17, 15) is 19.8 Å². The summed E-state index contributed by atoms with van der Waals surface area (Å²) in [6.45, 7) is 0. The molecule has 60 heavy (non-hydrogen) atoms. The number of benzene rings is 4. The summed E-state index contributed by atoms with van der Waals surface area (Å²) in [6, 6.07) is 45.9. The van der Waals surface area contributed by atoms with Crippen molar-refractivity contribution in [1.29, 1.82) is 0 Å². The minimum absolute atomic E-state index is 0.456. The van der Waals surface area contributed by atoms with Crippen molar-refractivity contribution in [3.8, 4) is 45.2 Å². The average Bonchev–Trinajstić information content (AvgIpc) is 4.12. The maximum atomic E-state index is 11.3. The smallest absolute Gasteiger partial charge is 0.343 e. The standard InChI is InChI=1S/C52H34N4O4/c57-51(58)39(52(59)60)32-34-22-20-33(21-23-34)12-10-11-19-38-40-24-26-42(53-40)48(35-13-4-1-5-14-35)44-28-30-46(55-44)50(37-17-8-3-9-18-37)47-31-29-45(56-47)49(36-15-6-2-7-16-36)43-27-25-41(38)54-43/h1-10,12-18,20-32,53,56H,(H,57,58)(H,59,60)/b12-10+,40-38?,41-38?,48-42?,48-44?,49-43?,49-45?,50-46?,50-47?. The zero-order chi connectivity index (χ0) is 41.0. The summed E-state index contributed by atoms with van der Waals surface area (Å²) in [5, 5.41) is 18.5. The molecule has 0 radical (unpaired) electrons. The molecule has 2 aliphatic rings. The molecule has 286 valence electrons. The lowest BCUT2D eigenvalue weighted by atomic mass is 10.0. The highest BCUT2D eigenvalue weighted by molar-refractivity contribution is 6.16. The van der Waals surface area contributed by atoms with Crippen LogP contribution >= 0.6 is 0 Å². The van der Waals surface area contributed by atoms with E-state index in [0.29, 0.717) is 16.8 Å². The summed E-state index contributed by atoms with van der Waals surface area (Å²) in [5.41, 5.74) is 13.8. The van der Waals surface area contributed by atoms with Crippen LogP contribution in [-0.2, 0) is 9.59 Å². The lowest BCUT2D eigenvalue weighted by Gasteiger charge is -2.06.